The van der Waals surface area contributed by atoms with E-state index in [0.29, 0.717) is 12.5 Å². The summed E-state index contributed by atoms with van der Waals surface area (Å²) in [5, 5.41) is 3.32. The fraction of sp³-hybridized carbons (Fsp3) is 0.692. The van der Waals surface area contributed by atoms with Gasteiger partial charge in [-0.05, 0) is 56.1 Å². The van der Waals surface area contributed by atoms with Crippen molar-refractivity contribution in [2.45, 2.75) is 88.1 Å². The first kappa shape index (κ1) is 21.0. The summed E-state index contributed by atoms with van der Waals surface area (Å²) in [6, 6.07) is 8.18. The summed E-state index contributed by atoms with van der Waals surface area (Å²) in [4.78, 5) is 29.9. The molecule has 1 aromatic rings. The minimum atomic E-state index is -0.354. The largest absolute Gasteiger partial charge is 0.381 e. The number of nitrogens with zero attached hydrogens (tertiary/aromatic N) is 1. The topological polar surface area (TPSA) is 58.6 Å². The van der Waals surface area contributed by atoms with Crippen LogP contribution in [0.2, 0.25) is 0 Å². The maximum absolute atomic E-state index is 13.8. The van der Waals surface area contributed by atoms with E-state index in [0.717, 1.165) is 75.7 Å². The van der Waals surface area contributed by atoms with Crippen molar-refractivity contribution in [2.75, 3.05) is 19.8 Å². The molecule has 168 valence electrons. The average molecular weight is 425 g/mol. The second-order valence-corrected chi connectivity index (χ2v) is 10.1. The van der Waals surface area contributed by atoms with Gasteiger partial charge in [0.2, 0.25) is 5.91 Å². The molecule has 2 amide bonds. The highest BCUT2D eigenvalue weighted by molar-refractivity contribution is 6.02. The molecule has 1 aromatic carbocycles. The van der Waals surface area contributed by atoms with Gasteiger partial charge in [0.25, 0.3) is 5.91 Å². The first-order valence-electron chi connectivity index (χ1n) is 12.5. The first-order valence-corrected chi connectivity index (χ1v) is 12.5. The smallest absolute Gasteiger partial charge is 0.254 e. The lowest BCUT2D eigenvalue weighted by Gasteiger charge is -2.54. The normalized spacial score (nSPS) is 26.8. The van der Waals surface area contributed by atoms with Crippen LogP contribution in [0.3, 0.4) is 0 Å². The van der Waals surface area contributed by atoms with Crippen LogP contribution in [0.1, 0.15) is 92.5 Å². The Morgan fingerprint density at radius 1 is 1.00 bits per heavy atom. The average Bonchev–Trinajstić information content (AvgIpc) is 3.28. The lowest BCUT2D eigenvalue weighted by molar-refractivity contribution is -0.127. The van der Waals surface area contributed by atoms with Crippen LogP contribution in [-0.4, -0.2) is 48.1 Å². The Kier molecular flexibility index (Phi) is 6.05. The van der Waals surface area contributed by atoms with Gasteiger partial charge in [-0.15, -0.1) is 0 Å². The molecule has 1 spiro atoms. The highest BCUT2D eigenvalue weighted by Gasteiger charge is 2.57. The molecular weight excluding hydrogens is 388 g/mol. The third-order valence-corrected chi connectivity index (χ3v) is 8.32. The molecule has 2 aliphatic heterocycles. The minimum Gasteiger partial charge on any atom is -0.381 e. The highest BCUT2D eigenvalue weighted by atomic mass is 16.5. The molecule has 1 saturated heterocycles. The van der Waals surface area contributed by atoms with Gasteiger partial charge in [0.1, 0.15) is 0 Å². The molecule has 2 saturated carbocycles. The number of rotatable bonds is 4. The van der Waals surface area contributed by atoms with Gasteiger partial charge in [-0.2, -0.15) is 0 Å². The summed E-state index contributed by atoms with van der Waals surface area (Å²) in [5.74, 6) is 0.518. The number of carbonyl (C=O) groups is 2. The van der Waals surface area contributed by atoms with E-state index in [1.54, 1.807) is 0 Å². The number of nitrogens with one attached hydrogen (secondary N) is 1. The molecule has 5 rings (SSSR count). The number of fused-ring (bicyclic) bond motifs is 1. The molecule has 2 aliphatic carbocycles. The summed E-state index contributed by atoms with van der Waals surface area (Å²) in [5.41, 5.74) is 1.34. The molecule has 5 heteroatoms. The highest BCUT2D eigenvalue weighted by Crippen LogP contribution is 2.52. The standard InChI is InChI=1S/C26H36N2O3/c29-24(27-18-19-12-16-31-17-13-19)23-21-10-4-5-11-22(21)25(30)28(20-8-2-1-3-9-20)26(23)14-6-7-15-26/h4-5,10-11,19-20,23H,1-3,6-9,12-18H2,(H,27,29)/t23-/m0/s1. The van der Waals surface area contributed by atoms with Crippen LogP contribution in [0.15, 0.2) is 24.3 Å². The molecule has 2 heterocycles. The number of ether oxygens (including phenoxy) is 1. The molecule has 5 nitrogen and oxygen atoms in total. The molecule has 4 aliphatic rings. The number of amides is 2. The van der Waals surface area contributed by atoms with Crippen LogP contribution in [0.4, 0.5) is 0 Å². The van der Waals surface area contributed by atoms with Gasteiger partial charge >= 0.3 is 0 Å². The molecule has 0 aromatic heterocycles. The Balaban J connectivity index is 1.49. The Labute approximate surface area is 185 Å². The van der Waals surface area contributed by atoms with Crippen molar-refractivity contribution in [1.29, 1.82) is 0 Å². The fourth-order valence-corrected chi connectivity index (χ4v) is 6.77. The second-order valence-electron chi connectivity index (χ2n) is 10.1. The number of hydrogen-bond acceptors (Lipinski definition) is 3. The first-order chi connectivity index (χ1) is 15.2. The maximum atomic E-state index is 13.8. The Bertz CT molecular complexity index is 805. The lowest BCUT2D eigenvalue weighted by atomic mass is 9.69. The second kappa shape index (κ2) is 8.93. The van der Waals surface area contributed by atoms with Crippen LogP contribution in [0, 0.1) is 5.92 Å². The van der Waals surface area contributed by atoms with Gasteiger partial charge in [-0.3, -0.25) is 9.59 Å². The predicted octanol–water partition coefficient (Wildman–Crippen LogP) is 4.41. The Morgan fingerprint density at radius 3 is 2.45 bits per heavy atom. The van der Waals surface area contributed by atoms with E-state index in [2.05, 4.69) is 10.2 Å². The van der Waals surface area contributed by atoms with Crippen molar-refractivity contribution in [1.82, 2.24) is 10.2 Å². The Morgan fingerprint density at radius 2 is 1.71 bits per heavy atom. The lowest BCUT2D eigenvalue weighted by Crippen LogP contribution is -2.64. The zero-order valence-electron chi connectivity index (χ0n) is 18.6. The molecular formula is C26H36N2O3. The van der Waals surface area contributed by atoms with E-state index < -0.39 is 0 Å². The predicted molar refractivity (Wildman–Crippen MR) is 120 cm³/mol. The van der Waals surface area contributed by atoms with E-state index in [-0.39, 0.29) is 29.3 Å². The van der Waals surface area contributed by atoms with Gasteiger partial charge in [0.05, 0.1) is 11.5 Å². The van der Waals surface area contributed by atoms with E-state index >= 15 is 0 Å². The molecule has 0 radical (unpaired) electrons. The van der Waals surface area contributed by atoms with Crippen molar-refractivity contribution < 1.29 is 14.3 Å². The molecule has 1 N–H and O–H groups in total. The maximum Gasteiger partial charge on any atom is 0.254 e. The summed E-state index contributed by atoms with van der Waals surface area (Å²) in [6.07, 6.45) is 11.9. The van der Waals surface area contributed by atoms with Crippen LogP contribution >= 0.6 is 0 Å². The van der Waals surface area contributed by atoms with Crippen molar-refractivity contribution in [3.63, 3.8) is 0 Å². The van der Waals surface area contributed by atoms with Crippen LogP contribution in [-0.2, 0) is 9.53 Å². The third kappa shape index (κ3) is 3.79. The van der Waals surface area contributed by atoms with Crippen molar-refractivity contribution in [3.8, 4) is 0 Å². The monoisotopic (exact) mass is 424 g/mol. The Hall–Kier alpha value is -1.88. The van der Waals surface area contributed by atoms with Gasteiger partial charge in [0, 0.05) is 31.4 Å². The molecule has 1 atom stereocenters. The van der Waals surface area contributed by atoms with Crippen molar-refractivity contribution in [2.24, 2.45) is 5.92 Å². The third-order valence-electron chi connectivity index (χ3n) is 8.32. The molecule has 3 fully saturated rings. The van der Waals surface area contributed by atoms with Crippen molar-refractivity contribution >= 4 is 11.8 Å². The van der Waals surface area contributed by atoms with E-state index in [9.17, 15) is 9.59 Å². The van der Waals surface area contributed by atoms with Gasteiger partial charge in [0.15, 0.2) is 0 Å². The quantitative estimate of drug-likeness (QED) is 0.779. The SMILES string of the molecule is O=C(NCC1CCOCC1)[C@@H]1c2ccccc2C(=O)N(C2CCCCC2)C12CCCC2. The number of benzene rings is 1. The fourth-order valence-electron chi connectivity index (χ4n) is 6.77. The summed E-state index contributed by atoms with van der Waals surface area (Å²) < 4.78 is 5.48. The van der Waals surface area contributed by atoms with E-state index in [1.807, 2.05) is 24.3 Å². The van der Waals surface area contributed by atoms with Gasteiger partial charge in [-0.25, -0.2) is 0 Å². The van der Waals surface area contributed by atoms with Crippen LogP contribution in [0.25, 0.3) is 0 Å². The molecule has 0 bridgehead atoms. The summed E-state index contributed by atoms with van der Waals surface area (Å²) in [7, 11) is 0. The van der Waals surface area contributed by atoms with Gasteiger partial charge in [-0.1, -0.05) is 50.3 Å². The molecule has 31 heavy (non-hydrogen) atoms. The van der Waals surface area contributed by atoms with Gasteiger partial charge < -0.3 is 15.0 Å². The van der Waals surface area contributed by atoms with Crippen molar-refractivity contribution in [3.05, 3.63) is 35.4 Å². The van der Waals surface area contributed by atoms with E-state index in [1.165, 1.54) is 19.3 Å². The zero-order valence-corrected chi connectivity index (χ0v) is 18.6. The van der Waals surface area contributed by atoms with Crippen LogP contribution < -0.4 is 5.32 Å². The zero-order chi connectivity index (χ0) is 21.3. The summed E-state index contributed by atoms with van der Waals surface area (Å²) in [6.45, 7) is 2.30. The summed E-state index contributed by atoms with van der Waals surface area (Å²) >= 11 is 0. The van der Waals surface area contributed by atoms with E-state index in [4.69, 9.17) is 4.74 Å². The van der Waals surface area contributed by atoms with Crippen LogP contribution in [0.5, 0.6) is 0 Å². The molecule has 0 unspecified atom stereocenters. The minimum absolute atomic E-state index is 0.120. The number of hydrogen-bond donors (Lipinski definition) is 1. The number of carbonyl (C=O) groups excluding carboxylic acids is 2.